The summed E-state index contributed by atoms with van der Waals surface area (Å²) in [6.45, 7) is 6.45. The Balaban J connectivity index is 1.50. The molecule has 2 heterocycles. The van der Waals surface area contributed by atoms with E-state index < -0.39 is 6.04 Å². The standard InChI is InChI=1S/C19H29N3O2/c20-18(13-16-5-2-1-3-6-16)19(23)22-8-4-7-17(15-22)14-21-9-11-24-12-10-21/h1-3,5-6,17-18H,4,7-15,20H2. The maximum Gasteiger partial charge on any atom is 0.239 e. The van der Waals surface area contributed by atoms with Gasteiger partial charge in [0.25, 0.3) is 0 Å². The summed E-state index contributed by atoms with van der Waals surface area (Å²) in [6, 6.07) is 9.60. The fraction of sp³-hybridized carbons (Fsp3) is 0.632. The summed E-state index contributed by atoms with van der Waals surface area (Å²) in [5.74, 6) is 0.662. The topological polar surface area (TPSA) is 58.8 Å². The summed E-state index contributed by atoms with van der Waals surface area (Å²) in [5.41, 5.74) is 7.32. The minimum atomic E-state index is -0.436. The molecule has 1 aromatic carbocycles. The lowest BCUT2D eigenvalue weighted by Gasteiger charge is -2.37. The molecule has 2 aliphatic heterocycles. The first-order valence-electron chi connectivity index (χ1n) is 9.11. The van der Waals surface area contributed by atoms with E-state index in [2.05, 4.69) is 4.90 Å². The van der Waals surface area contributed by atoms with Crippen LogP contribution in [0.1, 0.15) is 18.4 Å². The van der Waals surface area contributed by atoms with E-state index in [-0.39, 0.29) is 5.91 Å². The van der Waals surface area contributed by atoms with Crippen molar-refractivity contribution in [3.05, 3.63) is 35.9 Å². The molecule has 0 spiro atoms. The van der Waals surface area contributed by atoms with E-state index in [0.717, 1.165) is 57.9 Å². The molecule has 0 radical (unpaired) electrons. The Bertz CT molecular complexity index is 517. The van der Waals surface area contributed by atoms with Crippen molar-refractivity contribution in [3.63, 3.8) is 0 Å². The third-order valence-electron chi connectivity index (χ3n) is 5.07. The molecule has 1 aromatic rings. The van der Waals surface area contributed by atoms with Gasteiger partial charge < -0.3 is 15.4 Å². The van der Waals surface area contributed by atoms with Crippen molar-refractivity contribution < 1.29 is 9.53 Å². The molecule has 2 atom stereocenters. The van der Waals surface area contributed by atoms with Crippen molar-refractivity contribution in [2.24, 2.45) is 11.7 Å². The van der Waals surface area contributed by atoms with Crippen molar-refractivity contribution in [1.82, 2.24) is 9.80 Å². The molecule has 1 amide bonds. The van der Waals surface area contributed by atoms with Gasteiger partial charge >= 0.3 is 0 Å². The molecular formula is C19H29N3O2. The van der Waals surface area contributed by atoms with E-state index >= 15 is 0 Å². The number of rotatable bonds is 5. The van der Waals surface area contributed by atoms with Gasteiger partial charge in [-0.1, -0.05) is 30.3 Å². The molecule has 0 aromatic heterocycles. The molecule has 2 saturated heterocycles. The smallest absolute Gasteiger partial charge is 0.239 e. The van der Waals surface area contributed by atoms with E-state index in [0.29, 0.717) is 12.3 Å². The van der Waals surface area contributed by atoms with Crippen molar-refractivity contribution in [1.29, 1.82) is 0 Å². The van der Waals surface area contributed by atoms with E-state index in [1.165, 1.54) is 6.42 Å². The summed E-state index contributed by atoms with van der Waals surface area (Å²) < 4.78 is 5.41. The van der Waals surface area contributed by atoms with Crippen molar-refractivity contribution in [2.45, 2.75) is 25.3 Å². The van der Waals surface area contributed by atoms with Crippen LogP contribution in [0.15, 0.2) is 30.3 Å². The van der Waals surface area contributed by atoms with Gasteiger partial charge in [0.05, 0.1) is 19.3 Å². The second kappa shape index (κ2) is 8.60. The maximum atomic E-state index is 12.7. The number of likely N-dealkylation sites (tertiary alicyclic amines) is 1. The number of amides is 1. The monoisotopic (exact) mass is 331 g/mol. The van der Waals surface area contributed by atoms with Crippen LogP contribution in [-0.4, -0.2) is 67.7 Å². The first-order valence-corrected chi connectivity index (χ1v) is 9.11. The lowest BCUT2D eigenvalue weighted by molar-refractivity contribution is -0.134. The molecule has 5 heteroatoms. The quantitative estimate of drug-likeness (QED) is 0.879. The summed E-state index contributed by atoms with van der Waals surface area (Å²) >= 11 is 0. The van der Waals surface area contributed by atoms with Gasteiger partial charge in [0.15, 0.2) is 0 Å². The van der Waals surface area contributed by atoms with Gasteiger partial charge in [0, 0.05) is 32.7 Å². The number of carbonyl (C=O) groups excluding carboxylic acids is 1. The highest BCUT2D eigenvalue weighted by Gasteiger charge is 2.28. The maximum absolute atomic E-state index is 12.7. The zero-order chi connectivity index (χ0) is 16.8. The second-order valence-electron chi connectivity index (χ2n) is 7.00. The van der Waals surface area contributed by atoms with Gasteiger partial charge in [0.1, 0.15) is 0 Å². The number of hydrogen-bond donors (Lipinski definition) is 1. The van der Waals surface area contributed by atoms with Crippen LogP contribution < -0.4 is 5.73 Å². The van der Waals surface area contributed by atoms with Crippen molar-refractivity contribution in [2.75, 3.05) is 45.9 Å². The SMILES string of the molecule is NC(Cc1ccccc1)C(=O)N1CCCC(CN2CCOCC2)C1. The van der Waals surface area contributed by atoms with Crippen LogP contribution in [0, 0.1) is 5.92 Å². The molecular weight excluding hydrogens is 302 g/mol. The molecule has 3 rings (SSSR count). The Morgan fingerprint density at radius 1 is 1.21 bits per heavy atom. The number of carbonyl (C=O) groups is 1. The highest BCUT2D eigenvalue weighted by Crippen LogP contribution is 2.19. The first kappa shape index (κ1) is 17.4. The van der Waals surface area contributed by atoms with Crippen molar-refractivity contribution in [3.8, 4) is 0 Å². The Morgan fingerprint density at radius 3 is 2.71 bits per heavy atom. The molecule has 24 heavy (non-hydrogen) atoms. The van der Waals surface area contributed by atoms with E-state index in [1.54, 1.807) is 0 Å². The molecule has 2 unspecified atom stereocenters. The number of hydrogen-bond acceptors (Lipinski definition) is 4. The summed E-state index contributed by atoms with van der Waals surface area (Å²) in [6.07, 6.45) is 2.90. The second-order valence-corrected chi connectivity index (χ2v) is 7.00. The van der Waals surface area contributed by atoms with Crippen LogP contribution in [0.25, 0.3) is 0 Å². The molecule has 2 aliphatic rings. The van der Waals surface area contributed by atoms with Crippen molar-refractivity contribution >= 4 is 5.91 Å². The normalized spacial score (nSPS) is 23.9. The van der Waals surface area contributed by atoms with Gasteiger partial charge in [-0.3, -0.25) is 9.69 Å². The van der Waals surface area contributed by atoms with Crippen LogP contribution in [0.2, 0.25) is 0 Å². The minimum Gasteiger partial charge on any atom is -0.379 e. The average molecular weight is 331 g/mol. The van der Waals surface area contributed by atoms with Crippen LogP contribution >= 0.6 is 0 Å². The molecule has 0 bridgehead atoms. The molecule has 132 valence electrons. The molecule has 2 N–H and O–H groups in total. The Hall–Kier alpha value is -1.43. The summed E-state index contributed by atoms with van der Waals surface area (Å²) in [5, 5.41) is 0. The van der Waals surface area contributed by atoms with Crippen LogP contribution in [0.3, 0.4) is 0 Å². The van der Waals surface area contributed by atoms with E-state index in [1.807, 2.05) is 35.2 Å². The molecule has 0 aliphatic carbocycles. The number of nitrogens with two attached hydrogens (primary N) is 1. The van der Waals surface area contributed by atoms with Gasteiger partial charge in [-0.2, -0.15) is 0 Å². The van der Waals surface area contributed by atoms with Gasteiger partial charge in [-0.05, 0) is 30.7 Å². The largest absolute Gasteiger partial charge is 0.379 e. The molecule has 2 fully saturated rings. The highest BCUT2D eigenvalue weighted by atomic mass is 16.5. The fourth-order valence-corrected chi connectivity index (χ4v) is 3.75. The predicted molar refractivity (Wildman–Crippen MR) is 94.7 cm³/mol. The van der Waals surface area contributed by atoms with E-state index in [4.69, 9.17) is 10.5 Å². The zero-order valence-electron chi connectivity index (χ0n) is 14.4. The zero-order valence-corrected chi connectivity index (χ0v) is 14.4. The Kier molecular flexibility index (Phi) is 6.24. The van der Waals surface area contributed by atoms with Gasteiger partial charge in [-0.15, -0.1) is 0 Å². The third-order valence-corrected chi connectivity index (χ3v) is 5.07. The number of ether oxygens (including phenoxy) is 1. The van der Waals surface area contributed by atoms with Crippen LogP contribution in [-0.2, 0) is 16.0 Å². The Labute approximate surface area is 144 Å². The van der Waals surface area contributed by atoms with Gasteiger partial charge in [-0.25, -0.2) is 0 Å². The first-order chi connectivity index (χ1) is 11.7. The third kappa shape index (κ3) is 4.79. The number of piperidine rings is 1. The number of benzene rings is 1. The molecule has 5 nitrogen and oxygen atoms in total. The summed E-state index contributed by atoms with van der Waals surface area (Å²) in [7, 11) is 0. The minimum absolute atomic E-state index is 0.102. The highest BCUT2D eigenvalue weighted by molar-refractivity contribution is 5.82. The number of morpholine rings is 1. The van der Waals surface area contributed by atoms with Crippen LogP contribution in [0.4, 0.5) is 0 Å². The summed E-state index contributed by atoms with van der Waals surface area (Å²) in [4.78, 5) is 17.2. The lowest BCUT2D eigenvalue weighted by atomic mass is 9.96. The van der Waals surface area contributed by atoms with Gasteiger partial charge in [0.2, 0.25) is 5.91 Å². The molecule has 0 saturated carbocycles. The van der Waals surface area contributed by atoms with Crippen LogP contribution in [0.5, 0.6) is 0 Å². The Morgan fingerprint density at radius 2 is 1.96 bits per heavy atom. The number of nitrogens with zero attached hydrogens (tertiary/aromatic N) is 2. The fourth-order valence-electron chi connectivity index (χ4n) is 3.75. The predicted octanol–water partition coefficient (Wildman–Crippen LogP) is 1.13. The average Bonchev–Trinajstić information content (AvgIpc) is 2.63. The van der Waals surface area contributed by atoms with E-state index in [9.17, 15) is 4.79 Å². The lowest BCUT2D eigenvalue weighted by Crippen LogP contribution is -2.51.